The van der Waals surface area contributed by atoms with Gasteiger partial charge in [-0.25, -0.2) is 0 Å². The van der Waals surface area contributed by atoms with Crippen LogP contribution in [0.1, 0.15) is 22.3 Å². The van der Waals surface area contributed by atoms with Gasteiger partial charge in [-0.05, 0) is 66.4 Å². The molecule has 0 saturated carbocycles. The lowest BCUT2D eigenvalue weighted by Gasteiger charge is -2.17. The van der Waals surface area contributed by atoms with E-state index in [1.54, 1.807) is 6.07 Å². The van der Waals surface area contributed by atoms with E-state index in [2.05, 4.69) is 64.1 Å². The molecule has 2 aromatic carbocycles. The summed E-state index contributed by atoms with van der Waals surface area (Å²) in [6, 6.07) is 15.8. The molecule has 0 spiro atoms. The van der Waals surface area contributed by atoms with Crippen LogP contribution in [0.4, 0.5) is 5.69 Å². The summed E-state index contributed by atoms with van der Waals surface area (Å²) in [4.78, 5) is 14.4. The minimum atomic E-state index is -0.105. The van der Waals surface area contributed by atoms with Gasteiger partial charge >= 0.3 is 0 Å². The molecule has 0 radical (unpaired) electrons. The lowest BCUT2D eigenvalue weighted by molar-refractivity contribution is 0.0952. The smallest absolute Gasteiger partial charge is 0.253 e. The summed E-state index contributed by atoms with van der Waals surface area (Å²) in [5, 5.41) is 2.94. The second-order valence-electron chi connectivity index (χ2n) is 5.56. The van der Waals surface area contributed by atoms with Gasteiger partial charge in [-0.15, -0.1) is 0 Å². The highest BCUT2D eigenvalue weighted by Gasteiger charge is 2.09. The van der Waals surface area contributed by atoms with E-state index >= 15 is 0 Å². The quantitative estimate of drug-likeness (QED) is 0.409. The van der Waals surface area contributed by atoms with Gasteiger partial charge in [0.2, 0.25) is 0 Å². The Morgan fingerprint density at radius 2 is 1.96 bits per heavy atom. The fourth-order valence-corrected chi connectivity index (χ4v) is 2.84. The second-order valence-corrected chi connectivity index (χ2v) is 6.81. The number of anilines is 1. The van der Waals surface area contributed by atoms with Gasteiger partial charge in [-0.3, -0.25) is 4.79 Å². The van der Waals surface area contributed by atoms with Crippen LogP contribution in [-0.2, 0) is 6.54 Å². The van der Waals surface area contributed by atoms with Crippen molar-refractivity contribution >= 4 is 34.2 Å². The molecule has 5 heteroatoms. The van der Waals surface area contributed by atoms with Crippen LogP contribution in [0.15, 0.2) is 48.5 Å². The normalized spacial score (nSPS) is 10.7. The minimum Gasteiger partial charge on any atom is -0.398 e. The number of nitrogens with two attached hydrogens (primary N) is 1. The number of rotatable bonds is 7. The Hall–Kier alpha value is -1.60. The average molecular weight is 423 g/mol. The summed E-state index contributed by atoms with van der Waals surface area (Å²) in [7, 11) is 2.09. The first-order chi connectivity index (χ1) is 11.1. The monoisotopic (exact) mass is 423 g/mol. The maximum atomic E-state index is 12.1. The number of carbonyl (C=O) groups excluding carboxylic acids is 1. The molecular formula is C18H22IN3O. The summed E-state index contributed by atoms with van der Waals surface area (Å²) in [5.74, 6) is -0.105. The number of benzene rings is 2. The Morgan fingerprint density at radius 3 is 2.70 bits per heavy atom. The Labute approximate surface area is 151 Å². The van der Waals surface area contributed by atoms with Gasteiger partial charge in [0.05, 0.1) is 5.56 Å². The van der Waals surface area contributed by atoms with E-state index in [0.29, 0.717) is 17.8 Å². The Morgan fingerprint density at radius 1 is 1.22 bits per heavy atom. The number of hydrogen-bond acceptors (Lipinski definition) is 3. The summed E-state index contributed by atoms with van der Waals surface area (Å²) < 4.78 is 1.00. The van der Waals surface area contributed by atoms with Crippen LogP contribution < -0.4 is 11.1 Å². The van der Waals surface area contributed by atoms with Crippen LogP contribution in [0.3, 0.4) is 0 Å². The lowest BCUT2D eigenvalue weighted by Crippen LogP contribution is -2.28. The van der Waals surface area contributed by atoms with E-state index in [-0.39, 0.29) is 5.91 Å². The molecule has 23 heavy (non-hydrogen) atoms. The van der Waals surface area contributed by atoms with Gasteiger partial charge in [-0.1, -0.05) is 30.3 Å². The predicted molar refractivity (Wildman–Crippen MR) is 103 cm³/mol. The zero-order valence-corrected chi connectivity index (χ0v) is 15.4. The van der Waals surface area contributed by atoms with Gasteiger partial charge in [0.1, 0.15) is 0 Å². The summed E-state index contributed by atoms with van der Waals surface area (Å²) in [5.41, 5.74) is 8.22. The van der Waals surface area contributed by atoms with Crippen LogP contribution in [0.25, 0.3) is 0 Å². The number of amides is 1. The van der Waals surface area contributed by atoms with Crippen molar-refractivity contribution in [3.8, 4) is 0 Å². The lowest BCUT2D eigenvalue weighted by atomic mass is 10.1. The fraction of sp³-hybridized carbons (Fsp3) is 0.278. The van der Waals surface area contributed by atoms with Crippen molar-refractivity contribution in [2.24, 2.45) is 0 Å². The van der Waals surface area contributed by atoms with E-state index < -0.39 is 0 Å². The standard InChI is InChI=1S/C18H22IN3O/c1-22(13-14-6-3-2-4-7-14)11-5-10-21-18(23)16-12-15(19)8-9-17(16)20/h2-4,6-9,12H,5,10-11,13,20H2,1H3,(H,21,23). The molecule has 3 N–H and O–H groups in total. The number of nitrogens with one attached hydrogen (secondary N) is 1. The van der Waals surface area contributed by atoms with Crippen LogP contribution in [0.5, 0.6) is 0 Å². The van der Waals surface area contributed by atoms with E-state index in [1.807, 2.05) is 18.2 Å². The van der Waals surface area contributed by atoms with Gasteiger partial charge in [0, 0.05) is 22.3 Å². The number of carbonyl (C=O) groups is 1. The third-order valence-corrected chi connectivity index (χ3v) is 4.23. The number of hydrogen-bond donors (Lipinski definition) is 2. The second kappa shape index (κ2) is 8.88. The van der Waals surface area contributed by atoms with Crippen LogP contribution in [0.2, 0.25) is 0 Å². The Kier molecular flexibility index (Phi) is 6.85. The largest absolute Gasteiger partial charge is 0.398 e. The van der Waals surface area contributed by atoms with Gasteiger partial charge in [-0.2, -0.15) is 0 Å². The van der Waals surface area contributed by atoms with E-state index in [0.717, 1.165) is 23.1 Å². The first-order valence-corrected chi connectivity index (χ1v) is 8.70. The van der Waals surface area contributed by atoms with Crippen molar-refractivity contribution < 1.29 is 4.79 Å². The summed E-state index contributed by atoms with van der Waals surface area (Å²) in [6.45, 7) is 2.48. The Balaban J connectivity index is 1.72. The topological polar surface area (TPSA) is 58.4 Å². The molecule has 0 bridgehead atoms. The molecule has 0 fully saturated rings. The molecule has 1 amide bonds. The zero-order chi connectivity index (χ0) is 16.7. The zero-order valence-electron chi connectivity index (χ0n) is 13.3. The number of halogens is 1. The third-order valence-electron chi connectivity index (χ3n) is 3.56. The molecule has 0 aliphatic carbocycles. The molecule has 122 valence electrons. The van der Waals surface area contributed by atoms with Gasteiger partial charge in [0.25, 0.3) is 5.91 Å². The number of nitrogens with zero attached hydrogens (tertiary/aromatic N) is 1. The van der Waals surface area contributed by atoms with Crippen molar-refractivity contribution in [1.82, 2.24) is 10.2 Å². The maximum Gasteiger partial charge on any atom is 0.253 e. The molecule has 0 aromatic heterocycles. The van der Waals surface area contributed by atoms with E-state index in [1.165, 1.54) is 5.56 Å². The average Bonchev–Trinajstić information content (AvgIpc) is 2.54. The summed E-state index contributed by atoms with van der Waals surface area (Å²) >= 11 is 2.18. The predicted octanol–water partition coefficient (Wildman–Crippen LogP) is 3.13. The third kappa shape index (κ3) is 5.84. The molecule has 0 aliphatic heterocycles. The molecule has 0 saturated heterocycles. The maximum absolute atomic E-state index is 12.1. The van der Waals surface area contributed by atoms with Crippen molar-refractivity contribution in [3.05, 3.63) is 63.2 Å². The first kappa shape index (κ1) is 17.7. The Bertz CT molecular complexity index is 646. The molecule has 2 rings (SSSR count). The molecule has 2 aromatic rings. The molecular weight excluding hydrogens is 401 g/mol. The molecule has 0 aliphatic rings. The summed E-state index contributed by atoms with van der Waals surface area (Å²) in [6.07, 6.45) is 0.902. The van der Waals surface area contributed by atoms with E-state index in [9.17, 15) is 4.79 Å². The minimum absolute atomic E-state index is 0.105. The van der Waals surface area contributed by atoms with Crippen molar-refractivity contribution in [3.63, 3.8) is 0 Å². The van der Waals surface area contributed by atoms with Crippen LogP contribution in [-0.4, -0.2) is 30.9 Å². The van der Waals surface area contributed by atoms with Gasteiger partial charge < -0.3 is 16.0 Å². The van der Waals surface area contributed by atoms with Crippen molar-refractivity contribution in [1.29, 1.82) is 0 Å². The highest BCUT2D eigenvalue weighted by molar-refractivity contribution is 14.1. The molecule has 0 unspecified atom stereocenters. The van der Waals surface area contributed by atoms with Crippen LogP contribution in [0, 0.1) is 3.57 Å². The highest BCUT2D eigenvalue weighted by atomic mass is 127. The molecule has 4 nitrogen and oxygen atoms in total. The van der Waals surface area contributed by atoms with Gasteiger partial charge in [0.15, 0.2) is 0 Å². The molecule has 0 heterocycles. The fourth-order valence-electron chi connectivity index (χ4n) is 2.35. The van der Waals surface area contributed by atoms with Crippen molar-refractivity contribution in [2.75, 3.05) is 25.9 Å². The van der Waals surface area contributed by atoms with Crippen molar-refractivity contribution in [2.45, 2.75) is 13.0 Å². The number of nitrogen functional groups attached to an aromatic ring is 1. The SMILES string of the molecule is CN(CCCNC(=O)c1cc(I)ccc1N)Cc1ccccc1. The molecule has 0 atom stereocenters. The first-order valence-electron chi connectivity index (χ1n) is 7.62. The van der Waals surface area contributed by atoms with Crippen LogP contribution >= 0.6 is 22.6 Å². The van der Waals surface area contributed by atoms with E-state index in [4.69, 9.17) is 5.73 Å². The highest BCUT2D eigenvalue weighted by Crippen LogP contribution is 2.15.